The monoisotopic (exact) mass is 294 g/mol. The molecular formula is C18H18N2O2. The molecule has 1 unspecified atom stereocenters. The summed E-state index contributed by atoms with van der Waals surface area (Å²) >= 11 is 0. The van der Waals surface area contributed by atoms with Crippen LogP contribution >= 0.6 is 0 Å². The first-order valence-corrected chi connectivity index (χ1v) is 7.22. The van der Waals surface area contributed by atoms with Crippen molar-refractivity contribution in [2.45, 2.75) is 12.0 Å². The average molecular weight is 294 g/mol. The lowest BCUT2D eigenvalue weighted by Gasteiger charge is -2.35. The SMILES string of the molecule is COc1cc2c(cc1OC)C(C#N)(c1ccccc1)NCC2. The lowest BCUT2D eigenvalue weighted by atomic mass is 9.78. The van der Waals surface area contributed by atoms with E-state index in [0.717, 1.165) is 29.7 Å². The molecule has 4 nitrogen and oxygen atoms in total. The van der Waals surface area contributed by atoms with Crippen molar-refractivity contribution in [3.63, 3.8) is 0 Å². The van der Waals surface area contributed by atoms with Crippen molar-refractivity contribution >= 4 is 0 Å². The first kappa shape index (κ1) is 14.4. The predicted octanol–water partition coefficient (Wildman–Crippen LogP) is 2.62. The van der Waals surface area contributed by atoms with Crippen LogP contribution in [-0.2, 0) is 12.0 Å². The third kappa shape index (κ3) is 2.11. The summed E-state index contributed by atoms with van der Waals surface area (Å²) in [4.78, 5) is 0. The normalized spacial score (nSPS) is 19.9. The number of nitrogens with one attached hydrogen (secondary N) is 1. The van der Waals surface area contributed by atoms with Crippen molar-refractivity contribution < 1.29 is 9.47 Å². The number of nitrogens with zero attached hydrogens (tertiary/aromatic N) is 1. The van der Waals surface area contributed by atoms with Crippen LogP contribution in [-0.4, -0.2) is 20.8 Å². The van der Waals surface area contributed by atoms with Crippen molar-refractivity contribution in [1.29, 1.82) is 5.26 Å². The summed E-state index contributed by atoms with van der Waals surface area (Å²) in [6.07, 6.45) is 0.853. The second-order valence-corrected chi connectivity index (χ2v) is 5.27. The van der Waals surface area contributed by atoms with Crippen molar-refractivity contribution in [2.75, 3.05) is 20.8 Å². The lowest BCUT2D eigenvalue weighted by Crippen LogP contribution is -2.47. The van der Waals surface area contributed by atoms with E-state index in [4.69, 9.17) is 9.47 Å². The molecule has 112 valence electrons. The fourth-order valence-corrected chi connectivity index (χ4v) is 3.07. The van der Waals surface area contributed by atoms with Crippen LogP contribution in [0.1, 0.15) is 16.7 Å². The van der Waals surface area contributed by atoms with Gasteiger partial charge in [0.2, 0.25) is 0 Å². The van der Waals surface area contributed by atoms with Crippen LogP contribution in [0.2, 0.25) is 0 Å². The van der Waals surface area contributed by atoms with Crippen LogP contribution in [0.3, 0.4) is 0 Å². The Morgan fingerprint density at radius 1 is 1.09 bits per heavy atom. The van der Waals surface area contributed by atoms with Gasteiger partial charge in [-0.25, -0.2) is 0 Å². The molecule has 0 amide bonds. The highest BCUT2D eigenvalue weighted by Crippen LogP contribution is 2.40. The van der Waals surface area contributed by atoms with E-state index in [2.05, 4.69) is 11.4 Å². The van der Waals surface area contributed by atoms with Crippen LogP contribution in [0.25, 0.3) is 0 Å². The average Bonchev–Trinajstić information content (AvgIpc) is 2.60. The largest absolute Gasteiger partial charge is 0.493 e. The molecule has 3 rings (SSSR count). The summed E-state index contributed by atoms with van der Waals surface area (Å²) in [5.74, 6) is 1.34. The van der Waals surface area contributed by atoms with E-state index in [1.54, 1.807) is 14.2 Å². The van der Waals surface area contributed by atoms with Gasteiger partial charge in [0.15, 0.2) is 17.0 Å². The zero-order valence-electron chi connectivity index (χ0n) is 12.7. The number of hydrogen-bond acceptors (Lipinski definition) is 4. The molecule has 0 aliphatic carbocycles. The van der Waals surface area contributed by atoms with Gasteiger partial charge in [0.1, 0.15) is 0 Å². The van der Waals surface area contributed by atoms with E-state index in [9.17, 15) is 5.26 Å². The van der Waals surface area contributed by atoms with Gasteiger partial charge >= 0.3 is 0 Å². The quantitative estimate of drug-likeness (QED) is 0.945. The molecule has 1 aliphatic rings. The number of methoxy groups -OCH3 is 2. The molecule has 1 heterocycles. The van der Waals surface area contributed by atoms with Crippen molar-refractivity contribution in [3.05, 3.63) is 59.2 Å². The molecule has 4 heteroatoms. The molecule has 22 heavy (non-hydrogen) atoms. The smallest absolute Gasteiger partial charge is 0.161 e. The zero-order valence-corrected chi connectivity index (χ0v) is 12.7. The number of hydrogen-bond donors (Lipinski definition) is 1. The van der Waals surface area contributed by atoms with Gasteiger partial charge < -0.3 is 9.47 Å². The number of benzene rings is 2. The van der Waals surface area contributed by atoms with E-state index < -0.39 is 5.54 Å². The van der Waals surface area contributed by atoms with Gasteiger partial charge in [-0.15, -0.1) is 0 Å². The Morgan fingerprint density at radius 3 is 2.41 bits per heavy atom. The van der Waals surface area contributed by atoms with Crippen LogP contribution in [0.15, 0.2) is 42.5 Å². The molecule has 0 radical (unpaired) electrons. The molecule has 0 saturated carbocycles. The van der Waals surface area contributed by atoms with Gasteiger partial charge in [-0.05, 0) is 35.2 Å². The minimum atomic E-state index is -0.853. The molecule has 0 spiro atoms. The second kappa shape index (κ2) is 5.70. The zero-order chi connectivity index (χ0) is 15.6. The molecule has 1 N–H and O–H groups in total. The number of nitriles is 1. The summed E-state index contributed by atoms with van der Waals surface area (Å²) in [7, 11) is 3.23. The molecule has 0 saturated heterocycles. The molecule has 2 aromatic carbocycles. The van der Waals surface area contributed by atoms with E-state index in [-0.39, 0.29) is 0 Å². The van der Waals surface area contributed by atoms with Crippen LogP contribution in [0.4, 0.5) is 0 Å². The van der Waals surface area contributed by atoms with Crippen LogP contribution in [0.5, 0.6) is 11.5 Å². The Bertz CT molecular complexity index is 722. The Kier molecular flexibility index (Phi) is 3.74. The first-order valence-electron chi connectivity index (χ1n) is 7.22. The first-order chi connectivity index (χ1) is 10.7. The highest BCUT2D eigenvalue weighted by molar-refractivity contribution is 5.57. The van der Waals surface area contributed by atoms with Crippen molar-refractivity contribution in [2.24, 2.45) is 0 Å². The Morgan fingerprint density at radius 2 is 1.77 bits per heavy atom. The molecule has 0 aromatic heterocycles. The molecular weight excluding hydrogens is 276 g/mol. The third-order valence-corrected chi connectivity index (χ3v) is 4.17. The van der Waals surface area contributed by atoms with Gasteiger partial charge in [0.05, 0.1) is 20.3 Å². The molecule has 0 bridgehead atoms. The molecule has 2 aromatic rings. The summed E-state index contributed by atoms with van der Waals surface area (Å²) in [6, 6.07) is 16.2. The van der Waals surface area contributed by atoms with Gasteiger partial charge in [-0.3, -0.25) is 5.32 Å². The molecule has 0 fully saturated rings. The standard InChI is InChI=1S/C18H18N2O2/c1-21-16-10-13-8-9-20-18(12-19,14-6-4-3-5-7-14)15(13)11-17(16)22-2/h3-7,10-11,20H,8-9H2,1-2H3. The molecule has 1 atom stereocenters. The Labute approximate surface area is 130 Å². The summed E-state index contributed by atoms with van der Waals surface area (Å²) < 4.78 is 10.8. The minimum Gasteiger partial charge on any atom is -0.493 e. The van der Waals surface area contributed by atoms with Crippen LogP contribution < -0.4 is 14.8 Å². The van der Waals surface area contributed by atoms with E-state index in [1.807, 2.05) is 42.5 Å². The number of rotatable bonds is 3. The van der Waals surface area contributed by atoms with E-state index in [0.29, 0.717) is 11.5 Å². The minimum absolute atomic E-state index is 0.639. The van der Waals surface area contributed by atoms with Gasteiger partial charge in [0, 0.05) is 6.54 Å². The maximum atomic E-state index is 9.95. The molecule has 1 aliphatic heterocycles. The highest BCUT2D eigenvalue weighted by atomic mass is 16.5. The lowest BCUT2D eigenvalue weighted by molar-refractivity contribution is 0.351. The fourth-order valence-electron chi connectivity index (χ4n) is 3.07. The Hall–Kier alpha value is -2.51. The van der Waals surface area contributed by atoms with Crippen molar-refractivity contribution in [3.8, 4) is 17.6 Å². The number of ether oxygens (including phenoxy) is 2. The fraction of sp³-hybridized carbons (Fsp3) is 0.278. The van der Waals surface area contributed by atoms with Crippen LogP contribution in [0, 0.1) is 11.3 Å². The van der Waals surface area contributed by atoms with Crippen molar-refractivity contribution in [1.82, 2.24) is 5.32 Å². The topological polar surface area (TPSA) is 54.3 Å². The van der Waals surface area contributed by atoms with E-state index in [1.165, 1.54) is 0 Å². The third-order valence-electron chi connectivity index (χ3n) is 4.17. The second-order valence-electron chi connectivity index (χ2n) is 5.27. The maximum absolute atomic E-state index is 9.95. The van der Waals surface area contributed by atoms with Gasteiger partial charge in [-0.1, -0.05) is 30.3 Å². The predicted molar refractivity (Wildman–Crippen MR) is 84.1 cm³/mol. The Balaban J connectivity index is 2.24. The van der Waals surface area contributed by atoms with Gasteiger partial charge in [-0.2, -0.15) is 5.26 Å². The maximum Gasteiger partial charge on any atom is 0.161 e. The number of fused-ring (bicyclic) bond motifs is 1. The summed E-state index contributed by atoms with van der Waals surface area (Å²) in [5, 5.41) is 13.3. The van der Waals surface area contributed by atoms with E-state index >= 15 is 0 Å². The summed E-state index contributed by atoms with van der Waals surface area (Å²) in [5.41, 5.74) is 2.13. The summed E-state index contributed by atoms with van der Waals surface area (Å²) in [6.45, 7) is 0.741. The van der Waals surface area contributed by atoms with Gasteiger partial charge in [0.25, 0.3) is 0 Å². The highest BCUT2D eigenvalue weighted by Gasteiger charge is 2.39.